The molecule has 1 aliphatic heterocycles. The Morgan fingerprint density at radius 2 is 1.86 bits per heavy atom. The van der Waals surface area contributed by atoms with Gasteiger partial charge in [-0.2, -0.15) is 0 Å². The van der Waals surface area contributed by atoms with Crippen molar-refractivity contribution in [2.45, 2.75) is 84.6 Å². The molecule has 1 unspecified atom stereocenters. The van der Waals surface area contributed by atoms with Gasteiger partial charge in [0, 0.05) is 18.7 Å². The van der Waals surface area contributed by atoms with Crippen LogP contribution in [0.15, 0.2) is 18.7 Å². The Labute approximate surface area is 170 Å². The number of tetrazole rings is 1. The summed E-state index contributed by atoms with van der Waals surface area (Å²) in [6.45, 7) is 10.6. The first-order valence-corrected chi connectivity index (χ1v) is 11.0. The molecule has 2 aliphatic rings. The zero-order valence-corrected chi connectivity index (χ0v) is 17.9. The van der Waals surface area contributed by atoms with Gasteiger partial charge < -0.3 is 4.90 Å². The third-order valence-corrected chi connectivity index (χ3v) is 5.38. The van der Waals surface area contributed by atoms with Gasteiger partial charge >= 0.3 is 0 Å². The Morgan fingerprint density at radius 3 is 2.50 bits per heavy atom. The van der Waals surface area contributed by atoms with Crippen LogP contribution in [0.2, 0.25) is 0 Å². The maximum Gasteiger partial charge on any atom is 0.226 e. The van der Waals surface area contributed by atoms with Crippen molar-refractivity contribution in [3.63, 3.8) is 0 Å². The Kier molecular flexibility index (Phi) is 9.38. The molecule has 6 nitrogen and oxygen atoms in total. The topological polar surface area (TPSA) is 63.9 Å². The van der Waals surface area contributed by atoms with Crippen LogP contribution in [0.25, 0.3) is 6.20 Å². The molecule has 0 N–H and O–H groups in total. The van der Waals surface area contributed by atoms with E-state index in [1.54, 1.807) is 0 Å². The summed E-state index contributed by atoms with van der Waals surface area (Å²) in [5.74, 6) is 1.65. The second kappa shape index (κ2) is 11.8. The Balaban J connectivity index is 0.000000640. The summed E-state index contributed by atoms with van der Waals surface area (Å²) in [5.41, 5.74) is 0. The highest BCUT2D eigenvalue weighted by atomic mass is 16.2. The van der Waals surface area contributed by atoms with Crippen LogP contribution in [0.4, 0.5) is 0 Å². The Morgan fingerprint density at radius 1 is 1.18 bits per heavy atom. The van der Waals surface area contributed by atoms with Gasteiger partial charge in [-0.15, -0.1) is 21.6 Å². The lowest BCUT2D eigenvalue weighted by Gasteiger charge is -2.37. The molecular weight excluding hydrogens is 350 g/mol. The molecular formula is C22H37N5O. The monoisotopic (exact) mass is 387 g/mol. The number of likely N-dealkylation sites (tertiary alicyclic amines) is 1. The molecule has 1 aromatic rings. The summed E-state index contributed by atoms with van der Waals surface area (Å²) in [6.07, 6.45) is 15.7. The van der Waals surface area contributed by atoms with Crippen molar-refractivity contribution in [3.8, 4) is 0 Å². The number of aromatic nitrogens is 4. The fourth-order valence-corrected chi connectivity index (χ4v) is 3.73. The molecule has 156 valence electrons. The van der Waals surface area contributed by atoms with E-state index in [2.05, 4.69) is 42.8 Å². The van der Waals surface area contributed by atoms with Gasteiger partial charge in [0.15, 0.2) is 5.82 Å². The number of allylic oxidation sites excluding steroid dienone is 2. The molecule has 1 atom stereocenters. The standard InChI is InChI=1S/C18H29N5O.C4H8/c1-14(2)11-13-23-20-17(19-21-23)16-10-6-7-12-22(16)18(24)15-8-4-3-5-9-15;1-3-4-2/h11,13-16H,3-10,12H2,1-2H3;3H,1,4H2,2H3/b13-11+;. The third kappa shape index (κ3) is 6.57. The summed E-state index contributed by atoms with van der Waals surface area (Å²) in [4.78, 5) is 16.5. The molecule has 1 saturated carbocycles. The van der Waals surface area contributed by atoms with E-state index < -0.39 is 0 Å². The number of nitrogens with zero attached hydrogens (tertiary/aromatic N) is 5. The number of amides is 1. The number of piperidine rings is 1. The molecule has 2 fully saturated rings. The number of rotatable bonds is 5. The van der Waals surface area contributed by atoms with E-state index in [1.807, 2.05) is 23.3 Å². The van der Waals surface area contributed by atoms with Crippen molar-refractivity contribution in [1.29, 1.82) is 0 Å². The van der Waals surface area contributed by atoms with Gasteiger partial charge in [0.2, 0.25) is 5.91 Å². The van der Waals surface area contributed by atoms with Gasteiger partial charge in [-0.1, -0.05) is 52.2 Å². The summed E-state index contributed by atoms with van der Waals surface area (Å²) in [6, 6.07) is -0.00521. The van der Waals surface area contributed by atoms with Crippen molar-refractivity contribution in [1.82, 2.24) is 25.1 Å². The molecule has 0 bridgehead atoms. The SMILES string of the molecule is C=CCC.CC(C)/C=C/n1nnc(C2CCCCN2C(=O)C2CCCCC2)n1. The van der Waals surface area contributed by atoms with E-state index in [-0.39, 0.29) is 12.0 Å². The van der Waals surface area contributed by atoms with Gasteiger partial charge in [0.1, 0.15) is 0 Å². The van der Waals surface area contributed by atoms with Crippen molar-refractivity contribution in [3.05, 3.63) is 24.6 Å². The van der Waals surface area contributed by atoms with E-state index in [0.29, 0.717) is 17.6 Å². The number of hydrogen-bond acceptors (Lipinski definition) is 4. The predicted octanol–water partition coefficient (Wildman–Crippen LogP) is 5.02. The predicted molar refractivity (Wildman–Crippen MR) is 113 cm³/mol. The second-order valence-corrected chi connectivity index (χ2v) is 8.13. The molecule has 0 radical (unpaired) electrons. The summed E-state index contributed by atoms with van der Waals surface area (Å²) < 4.78 is 0. The maximum atomic E-state index is 13.0. The average molecular weight is 388 g/mol. The smallest absolute Gasteiger partial charge is 0.226 e. The van der Waals surface area contributed by atoms with Crippen molar-refractivity contribution in [2.24, 2.45) is 11.8 Å². The largest absolute Gasteiger partial charge is 0.332 e. The molecule has 1 aliphatic carbocycles. The fourth-order valence-electron chi connectivity index (χ4n) is 3.73. The van der Waals surface area contributed by atoms with Gasteiger partial charge in [-0.05, 0) is 49.7 Å². The Bertz CT molecular complexity index is 631. The van der Waals surface area contributed by atoms with Crippen LogP contribution >= 0.6 is 0 Å². The van der Waals surface area contributed by atoms with E-state index in [1.165, 1.54) is 24.1 Å². The average Bonchev–Trinajstić information content (AvgIpc) is 3.21. The first-order valence-electron chi connectivity index (χ1n) is 11.0. The van der Waals surface area contributed by atoms with Crippen LogP contribution in [0, 0.1) is 11.8 Å². The van der Waals surface area contributed by atoms with E-state index in [4.69, 9.17) is 0 Å². The highest BCUT2D eigenvalue weighted by Crippen LogP contribution is 2.33. The highest BCUT2D eigenvalue weighted by Gasteiger charge is 2.35. The maximum absolute atomic E-state index is 13.0. The molecule has 2 heterocycles. The third-order valence-electron chi connectivity index (χ3n) is 5.38. The molecule has 1 aromatic heterocycles. The van der Waals surface area contributed by atoms with Crippen LogP contribution in [0.3, 0.4) is 0 Å². The highest BCUT2D eigenvalue weighted by molar-refractivity contribution is 5.79. The quantitative estimate of drug-likeness (QED) is 0.666. The molecule has 28 heavy (non-hydrogen) atoms. The lowest BCUT2D eigenvalue weighted by atomic mass is 9.87. The number of carbonyl (C=O) groups is 1. The minimum absolute atomic E-state index is 0.00521. The zero-order chi connectivity index (χ0) is 20.4. The van der Waals surface area contributed by atoms with E-state index in [0.717, 1.165) is 45.1 Å². The minimum Gasteiger partial charge on any atom is -0.332 e. The van der Waals surface area contributed by atoms with Crippen molar-refractivity contribution < 1.29 is 4.79 Å². The van der Waals surface area contributed by atoms with Crippen LogP contribution in [0.1, 0.15) is 90.4 Å². The normalized spacial score (nSPS) is 20.9. The van der Waals surface area contributed by atoms with Crippen molar-refractivity contribution >= 4 is 12.1 Å². The van der Waals surface area contributed by atoms with Crippen molar-refractivity contribution in [2.75, 3.05) is 6.54 Å². The van der Waals surface area contributed by atoms with E-state index >= 15 is 0 Å². The minimum atomic E-state index is -0.00521. The van der Waals surface area contributed by atoms with Crippen LogP contribution in [-0.2, 0) is 4.79 Å². The zero-order valence-electron chi connectivity index (χ0n) is 17.9. The number of carbonyl (C=O) groups excluding carboxylic acids is 1. The molecule has 0 spiro atoms. The fraction of sp³-hybridized carbons (Fsp3) is 0.727. The lowest BCUT2D eigenvalue weighted by molar-refractivity contribution is -0.140. The van der Waals surface area contributed by atoms with Gasteiger partial charge in [-0.3, -0.25) is 4.79 Å². The van der Waals surface area contributed by atoms with Crippen LogP contribution < -0.4 is 0 Å². The van der Waals surface area contributed by atoms with Crippen LogP contribution in [-0.4, -0.2) is 37.6 Å². The summed E-state index contributed by atoms with van der Waals surface area (Å²) >= 11 is 0. The Hall–Kier alpha value is -1.98. The van der Waals surface area contributed by atoms with Gasteiger partial charge in [0.25, 0.3) is 0 Å². The number of hydrogen-bond donors (Lipinski definition) is 0. The first-order chi connectivity index (χ1) is 13.6. The molecule has 1 saturated heterocycles. The van der Waals surface area contributed by atoms with Gasteiger partial charge in [0.05, 0.1) is 6.04 Å². The first kappa shape index (κ1) is 22.3. The molecule has 6 heteroatoms. The second-order valence-electron chi connectivity index (χ2n) is 8.13. The lowest BCUT2D eigenvalue weighted by Crippen LogP contribution is -2.42. The van der Waals surface area contributed by atoms with Crippen LogP contribution in [0.5, 0.6) is 0 Å². The van der Waals surface area contributed by atoms with Gasteiger partial charge in [-0.25, -0.2) is 0 Å². The van der Waals surface area contributed by atoms with E-state index in [9.17, 15) is 4.79 Å². The molecule has 0 aromatic carbocycles. The summed E-state index contributed by atoms with van der Waals surface area (Å²) in [7, 11) is 0. The molecule has 1 amide bonds. The molecule has 3 rings (SSSR count). The summed E-state index contributed by atoms with van der Waals surface area (Å²) in [5, 5.41) is 12.9.